The molecule has 0 bridgehead atoms. The van der Waals surface area contributed by atoms with E-state index in [1.54, 1.807) is 12.4 Å². The number of pyridine rings is 2. The molecule has 30 heavy (non-hydrogen) atoms. The Balaban J connectivity index is 1.86. The summed E-state index contributed by atoms with van der Waals surface area (Å²) in [6, 6.07) is 5.88. The lowest BCUT2D eigenvalue weighted by Crippen LogP contribution is -2.03. The number of oxazole rings is 1. The van der Waals surface area contributed by atoms with Gasteiger partial charge in [-0.25, -0.2) is 15.0 Å². The van der Waals surface area contributed by atoms with Crippen LogP contribution in [0.15, 0.2) is 35.0 Å². The molecule has 0 aromatic carbocycles. The lowest BCUT2D eigenvalue weighted by molar-refractivity contribution is 0.328. The molecule has 4 rings (SSSR count). The van der Waals surface area contributed by atoms with E-state index in [-0.39, 0.29) is 5.92 Å². The fourth-order valence-electron chi connectivity index (χ4n) is 3.47. The molecule has 4 aromatic rings. The van der Waals surface area contributed by atoms with Crippen molar-refractivity contribution < 1.29 is 9.15 Å². The van der Waals surface area contributed by atoms with Gasteiger partial charge in [-0.2, -0.15) is 5.10 Å². The second-order valence-electron chi connectivity index (χ2n) is 7.41. The summed E-state index contributed by atoms with van der Waals surface area (Å²) >= 11 is 0. The van der Waals surface area contributed by atoms with Crippen molar-refractivity contribution in [2.24, 2.45) is 7.05 Å². The Kier molecular flexibility index (Phi) is 5.39. The Morgan fingerprint density at radius 2 is 2.10 bits per heavy atom. The summed E-state index contributed by atoms with van der Waals surface area (Å²) in [6.07, 6.45) is 3.46. The van der Waals surface area contributed by atoms with Crippen LogP contribution in [0.4, 0.5) is 5.69 Å². The monoisotopic (exact) mass is 406 g/mol. The van der Waals surface area contributed by atoms with Gasteiger partial charge < -0.3 is 14.5 Å². The summed E-state index contributed by atoms with van der Waals surface area (Å²) < 4.78 is 13.2. The Morgan fingerprint density at radius 1 is 1.27 bits per heavy atom. The molecule has 0 atom stereocenters. The quantitative estimate of drug-likeness (QED) is 0.484. The number of rotatable bonds is 7. The van der Waals surface area contributed by atoms with Crippen molar-refractivity contribution in [2.45, 2.75) is 40.2 Å². The Hall–Kier alpha value is -3.42. The second kappa shape index (κ2) is 8.14. The number of nitrogens with one attached hydrogen (secondary N) is 1. The summed E-state index contributed by atoms with van der Waals surface area (Å²) in [5, 5.41) is 9.24. The molecule has 0 saturated carbocycles. The van der Waals surface area contributed by atoms with Crippen molar-refractivity contribution in [3.63, 3.8) is 0 Å². The summed E-state index contributed by atoms with van der Waals surface area (Å²) in [6.45, 7) is 9.09. The first kappa shape index (κ1) is 19.9. The van der Waals surface area contributed by atoms with Crippen LogP contribution in [0.5, 0.6) is 5.88 Å². The first-order chi connectivity index (χ1) is 14.5. The minimum absolute atomic E-state index is 0.256. The van der Waals surface area contributed by atoms with E-state index >= 15 is 0 Å². The maximum absolute atomic E-state index is 5.73. The fraction of sp³-hybridized carbons (Fsp3) is 0.364. The Bertz CT molecular complexity index is 1180. The molecule has 4 aromatic heterocycles. The third-order valence-corrected chi connectivity index (χ3v) is 4.82. The number of ether oxygens (including phenoxy) is 1. The maximum atomic E-state index is 5.73. The molecule has 8 heteroatoms. The molecule has 0 aliphatic carbocycles. The van der Waals surface area contributed by atoms with Crippen LogP contribution in [0.25, 0.3) is 22.3 Å². The van der Waals surface area contributed by atoms with Gasteiger partial charge in [0.05, 0.1) is 41.7 Å². The van der Waals surface area contributed by atoms with Crippen LogP contribution >= 0.6 is 0 Å². The van der Waals surface area contributed by atoms with Gasteiger partial charge >= 0.3 is 0 Å². The predicted molar refractivity (Wildman–Crippen MR) is 116 cm³/mol. The molecule has 0 aliphatic rings. The van der Waals surface area contributed by atoms with Gasteiger partial charge in [-0.3, -0.25) is 4.68 Å². The molecule has 8 nitrogen and oxygen atoms in total. The number of hydrogen-bond acceptors (Lipinski definition) is 7. The van der Waals surface area contributed by atoms with Crippen LogP contribution in [0.2, 0.25) is 0 Å². The molecule has 0 spiro atoms. The molecule has 4 heterocycles. The van der Waals surface area contributed by atoms with E-state index in [9.17, 15) is 0 Å². The smallest absolute Gasteiger partial charge is 0.222 e. The summed E-state index contributed by atoms with van der Waals surface area (Å²) in [7, 11) is 1.92. The number of fused-ring (bicyclic) bond motifs is 1. The van der Waals surface area contributed by atoms with Crippen molar-refractivity contribution in [1.82, 2.24) is 24.7 Å². The second-order valence-corrected chi connectivity index (χ2v) is 7.41. The number of aromatic nitrogens is 5. The average molecular weight is 406 g/mol. The van der Waals surface area contributed by atoms with Gasteiger partial charge in [-0.05, 0) is 31.0 Å². The first-order valence-electron chi connectivity index (χ1n) is 10.1. The van der Waals surface area contributed by atoms with Crippen LogP contribution in [-0.2, 0) is 13.6 Å². The van der Waals surface area contributed by atoms with Crippen LogP contribution in [0.1, 0.15) is 44.0 Å². The van der Waals surface area contributed by atoms with Gasteiger partial charge in [0.2, 0.25) is 5.88 Å². The molecule has 156 valence electrons. The highest BCUT2D eigenvalue weighted by Gasteiger charge is 2.20. The molecule has 0 saturated heterocycles. The minimum atomic E-state index is 0.256. The zero-order chi connectivity index (χ0) is 21.3. The van der Waals surface area contributed by atoms with Crippen molar-refractivity contribution in [3.05, 3.63) is 47.9 Å². The maximum Gasteiger partial charge on any atom is 0.222 e. The number of hydrogen-bond donors (Lipinski definition) is 1. The minimum Gasteiger partial charge on any atom is -0.477 e. The Morgan fingerprint density at radius 3 is 2.80 bits per heavy atom. The first-order valence-corrected chi connectivity index (χ1v) is 10.1. The van der Waals surface area contributed by atoms with Crippen molar-refractivity contribution >= 4 is 16.7 Å². The van der Waals surface area contributed by atoms with E-state index in [1.165, 1.54) is 0 Å². The van der Waals surface area contributed by atoms with E-state index in [4.69, 9.17) is 19.2 Å². The highest BCUT2D eigenvalue weighted by atomic mass is 16.5. The van der Waals surface area contributed by atoms with Crippen molar-refractivity contribution in [2.75, 3.05) is 11.9 Å². The van der Waals surface area contributed by atoms with E-state index in [2.05, 4.69) is 29.1 Å². The molecule has 0 radical (unpaired) electrons. The van der Waals surface area contributed by atoms with Crippen molar-refractivity contribution in [1.29, 1.82) is 0 Å². The molecular weight excluding hydrogens is 380 g/mol. The molecule has 0 unspecified atom stereocenters. The van der Waals surface area contributed by atoms with Crippen LogP contribution in [0, 0.1) is 6.92 Å². The van der Waals surface area contributed by atoms with Gasteiger partial charge in [0.1, 0.15) is 5.76 Å². The zero-order valence-corrected chi connectivity index (χ0v) is 17.9. The van der Waals surface area contributed by atoms with E-state index in [0.29, 0.717) is 24.9 Å². The van der Waals surface area contributed by atoms with E-state index in [0.717, 1.165) is 39.4 Å². The molecule has 0 aliphatic heterocycles. The highest BCUT2D eigenvalue weighted by Crippen LogP contribution is 2.35. The van der Waals surface area contributed by atoms with E-state index < -0.39 is 0 Å². The number of aryl methyl sites for hydroxylation is 2. The van der Waals surface area contributed by atoms with Crippen LogP contribution in [-0.4, -0.2) is 31.3 Å². The van der Waals surface area contributed by atoms with Gasteiger partial charge in [0.25, 0.3) is 0 Å². The summed E-state index contributed by atoms with van der Waals surface area (Å²) in [5.74, 6) is 2.24. The van der Waals surface area contributed by atoms with Crippen LogP contribution in [0.3, 0.4) is 0 Å². The van der Waals surface area contributed by atoms with Gasteiger partial charge in [0.15, 0.2) is 11.5 Å². The average Bonchev–Trinajstić information content (AvgIpc) is 3.30. The third kappa shape index (κ3) is 3.72. The van der Waals surface area contributed by atoms with Gasteiger partial charge in [-0.1, -0.05) is 13.8 Å². The molecule has 0 fully saturated rings. The SMILES string of the molecule is CCOc1ncccc1-c1cc(NCc2cnc(C)o2)c2c(C(C)C)nn(C)c2n1. The summed E-state index contributed by atoms with van der Waals surface area (Å²) in [5.41, 5.74) is 4.35. The predicted octanol–water partition coefficient (Wildman–Crippen LogP) is 4.46. The van der Waals surface area contributed by atoms with E-state index in [1.807, 2.05) is 43.8 Å². The molecule has 0 amide bonds. The lowest BCUT2D eigenvalue weighted by Gasteiger charge is -2.13. The largest absolute Gasteiger partial charge is 0.477 e. The zero-order valence-electron chi connectivity index (χ0n) is 17.9. The lowest BCUT2D eigenvalue weighted by atomic mass is 10.0. The molecule has 1 N–H and O–H groups in total. The Labute approximate surface area is 175 Å². The topological polar surface area (TPSA) is 90.9 Å². The van der Waals surface area contributed by atoms with Crippen molar-refractivity contribution in [3.8, 4) is 17.1 Å². The molecular formula is C22H26N6O2. The normalized spacial score (nSPS) is 11.4. The number of nitrogens with zero attached hydrogens (tertiary/aromatic N) is 5. The number of anilines is 1. The standard InChI is InChI=1S/C22H26N6O2/c1-6-29-22-16(8-7-9-23-22)17-10-18(25-12-15-11-24-14(4)30-15)19-20(13(2)3)27-28(5)21(19)26-17/h7-11,13H,6,12H2,1-5H3,(H,25,26). The fourth-order valence-corrected chi connectivity index (χ4v) is 3.47. The van der Waals surface area contributed by atoms with Gasteiger partial charge in [0, 0.05) is 25.9 Å². The third-order valence-electron chi connectivity index (χ3n) is 4.82. The van der Waals surface area contributed by atoms with Gasteiger partial charge in [-0.15, -0.1) is 0 Å². The summed E-state index contributed by atoms with van der Waals surface area (Å²) in [4.78, 5) is 13.5. The highest BCUT2D eigenvalue weighted by molar-refractivity contribution is 5.94. The van der Waals surface area contributed by atoms with Crippen LogP contribution < -0.4 is 10.1 Å².